The predicted molar refractivity (Wildman–Crippen MR) is 73.5 cm³/mol. The third-order valence-electron chi connectivity index (χ3n) is 3.75. The van der Waals surface area contributed by atoms with Crippen molar-refractivity contribution in [2.75, 3.05) is 0 Å². The van der Waals surface area contributed by atoms with Gasteiger partial charge in [0, 0.05) is 0 Å². The largest absolute Gasteiger partial charge is 0.103 e. The summed E-state index contributed by atoms with van der Waals surface area (Å²) < 4.78 is 0. The van der Waals surface area contributed by atoms with Gasteiger partial charge in [0.05, 0.1) is 0 Å². The Morgan fingerprint density at radius 1 is 1.50 bits per heavy atom. The van der Waals surface area contributed by atoms with Gasteiger partial charge in [-0.1, -0.05) is 42.7 Å². The zero-order valence-electron chi connectivity index (χ0n) is 11.0. The number of allylic oxidation sites excluding steroid dienone is 5. The van der Waals surface area contributed by atoms with Gasteiger partial charge in [-0.15, -0.1) is 6.58 Å². The van der Waals surface area contributed by atoms with E-state index in [-0.39, 0.29) is 0 Å². The molecule has 0 nitrogen and oxygen atoms in total. The number of rotatable bonds is 6. The second-order valence-corrected chi connectivity index (χ2v) is 4.94. The Morgan fingerprint density at radius 3 is 2.88 bits per heavy atom. The van der Waals surface area contributed by atoms with E-state index in [0.717, 1.165) is 5.92 Å². The van der Waals surface area contributed by atoms with Crippen LogP contribution < -0.4 is 0 Å². The van der Waals surface area contributed by atoms with Gasteiger partial charge in [-0.3, -0.25) is 0 Å². The van der Waals surface area contributed by atoms with E-state index in [9.17, 15) is 0 Å². The lowest BCUT2D eigenvalue weighted by Crippen LogP contribution is -1.99. The molecular formula is C16H26. The fourth-order valence-electron chi connectivity index (χ4n) is 2.41. The molecule has 0 aromatic rings. The molecule has 1 aliphatic carbocycles. The molecule has 1 atom stereocenters. The molecule has 1 unspecified atom stereocenters. The van der Waals surface area contributed by atoms with E-state index < -0.39 is 0 Å². The van der Waals surface area contributed by atoms with E-state index in [1.807, 2.05) is 0 Å². The van der Waals surface area contributed by atoms with Crippen molar-refractivity contribution in [2.45, 2.75) is 58.8 Å². The summed E-state index contributed by atoms with van der Waals surface area (Å²) in [4.78, 5) is 0. The molecule has 0 radical (unpaired) electrons. The molecule has 0 saturated carbocycles. The van der Waals surface area contributed by atoms with E-state index in [1.54, 1.807) is 11.1 Å². The van der Waals surface area contributed by atoms with Crippen molar-refractivity contribution >= 4 is 0 Å². The van der Waals surface area contributed by atoms with Gasteiger partial charge >= 0.3 is 0 Å². The van der Waals surface area contributed by atoms with Crippen LogP contribution in [0.25, 0.3) is 0 Å². The van der Waals surface area contributed by atoms with Gasteiger partial charge in [0.1, 0.15) is 0 Å². The normalized spacial score (nSPS) is 20.6. The highest BCUT2D eigenvalue weighted by atomic mass is 14.1. The van der Waals surface area contributed by atoms with Crippen molar-refractivity contribution in [3.8, 4) is 0 Å². The minimum absolute atomic E-state index is 0.840. The Balaban J connectivity index is 2.40. The van der Waals surface area contributed by atoms with Crippen LogP contribution in [0.5, 0.6) is 0 Å². The Morgan fingerprint density at radius 2 is 2.31 bits per heavy atom. The molecule has 0 saturated heterocycles. The molecule has 16 heavy (non-hydrogen) atoms. The summed E-state index contributed by atoms with van der Waals surface area (Å²) in [5.74, 6) is 0.840. The van der Waals surface area contributed by atoms with Gasteiger partial charge in [0.2, 0.25) is 0 Å². The maximum Gasteiger partial charge on any atom is -0.0136 e. The molecule has 0 amide bonds. The summed E-state index contributed by atoms with van der Waals surface area (Å²) in [5, 5.41) is 0. The Hall–Kier alpha value is -0.780. The molecule has 0 aromatic heterocycles. The number of hydrogen-bond acceptors (Lipinski definition) is 0. The quantitative estimate of drug-likeness (QED) is 0.522. The van der Waals surface area contributed by atoms with E-state index in [0.29, 0.717) is 0 Å². The lowest BCUT2D eigenvalue weighted by Gasteiger charge is -2.16. The van der Waals surface area contributed by atoms with Crippen LogP contribution in [-0.4, -0.2) is 0 Å². The van der Waals surface area contributed by atoms with Crippen LogP contribution >= 0.6 is 0 Å². The molecule has 0 aliphatic heterocycles. The van der Waals surface area contributed by atoms with Gasteiger partial charge in [0.25, 0.3) is 0 Å². The van der Waals surface area contributed by atoms with E-state index in [1.165, 1.54) is 44.9 Å². The fraction of sp³-hybridized carbons (Fsp3) is 0.625. The van der Waals surface area contributed by atoms with E-state index in [2.05, 4.69) is 38.7 Å². The third kappa shape index (κ3) is 4.38. The lowest BCUT2D eigenvalue weighted by atomic mass is 9.90. The van der Waals surface area contributed by atoms with Crippen LogP contribution in [0.15, 0.2) is 36.0 Å². The molecule has 0 heterocycles. The minimum atomic E-state index is 0.840. The first kappa shape index (κ1) is 13.3. The zero-order valence-corrected chi connectivity index (χ0v) is 11.0. The molecule has 0 spiro atoms. The monoisotopic (exact) mass is 218 g/mol. The van der Waals surface area contributed by atoms with Crippen LogP contribution in [0.3, 0.4) is 0 Å². The van der Waals surface area contributed by atoms with Gasteiger partial charge < -0.3 is 0 Å². The molecular weight excluding hydrogens is 192 g/mol. The van der Waals surface area contributed by atoms with Gasteiger partial charge in [0.15, 0.2) is 0 Å². The average molecular weight is 218 g/mol. The predicted octanol–water partition coefficient (Wildman–Crippen LogP) is 5.43. The molecule has 90 valence electrons. The lowest BCUT2D eigenvalue weighted by molar-refractivity contribution is 0.474. The summed E-state index contributed by atoms with van der Waals surface area (Å²) in [6, 6.07) is 0. The van der Waals surface area contributed by atoms with Gasteiger partial charge in [-0.2, -0.15) is 0 Å². The molecule has 0 bridgehead atoms. The van der Waals surface area contributed by atoms with Crippen LogP contribution in [0.1, 0.15) is 58.8 Å². The first-order valence-corrected chi connectivity index (χ1v) is 6.71. The fourth-order valence-corrected chi connectivity index (χ4v) is 2.41. The van der Waals surface area contributed by atoms with Crippen molar-refractivity contribution in [2.24, 2.45) is 5.92 Å². The zero-order chi connectivity index (χ0) is 11.8. The highest BCUT2D eigenvalue weighted by Gasteiger charge is 2.08. The van der Waals surface area contributed by atoms with Crippen molar-refractivity contribution in [1.82, 2.24) is 0 Å². The maximum atomic E-state index is 3.84. The van der Waals surface area contributed by atoms with Gasteiger partial charge in [-0.25, -0.2) is 0 Å². The molecule has 0 N–H and O–H groups in total. The first-order chi connectivity index (χ1) is 7.77. The summed E-state index contributed by atoms with van der Waals surface area (Å²) in [5.41, 5.74) is 3.34. The highest BCUT2D eigenvalue weighted by Crippen LogP contribution is 2.26. The van der Waals surface area contributed by atoms with Crippen LogP contribution in [0.4, 0.5) is 0 Å². The summed E-state index contributed by atoms with van der Waals surface area (Å²) >= 11 is 0. The van der Waals surface area contributed by atoms with E-state index in [4.69, 9.17) is 0 Å². The summed E-state index contributed by atoms with van der Waals surface area (Å²) in [6.07, 6.45) is 15.5. The second-order valence-electron chi connectivity index (χ2n) is 4.94. The smallest absolute Gasteiger partial charge is 0.0136 e. The van der Waals surface area contributed by atoms with Crippen LogP contribution in [0, 0.1) is 5.92 Å². The Kier molecular flexibility index (Phi) is 6.22. The third-order valence-corrected chi connectivity index (χ3v) is 3.75. The second kappa shape index (κ2) is 7.49. The summed E-state index contributed by atoms with van der Waals surface area (Å²) in [6.45, 7) is 8.46. The Bertz CT molecular complexity index is 268. The minimum Gasteiger partial charge on any atom is -0.103 e. The Labute approximate surface area is 101 Å². The maximum absolute atomic E-state index is 3.84. The molecule has 1 rings (SSSR count). The topological polar surface area (TPSA) is 0 Å². The van der Waals surface area contributed by atoms with Gasteiger partial charge in [-0.05, 0) is 51.4 Å². The molecule has 1 aliphatic rings. The molecule has 0 aromatic carbocycles. The average Bonchev–Trinajstić information content (AvgIpc) is 2.35. The van der Waals surface area contributed by atoms with Crippen molar-refractivity contribution in [1.29, 1.82) is 0 Å². The van der Waals surface area contributed by atoms with Crippen LogP contribution in [-0.2, 0) is 0 Å². The summed E-state index contributed by atoms with van der Waals surface area (Å²) in [7, 11) is 0. The molecule has 0 heteroatoms. The van der Waals surface area contributed by atoms with Crippen molar-refractivity contribution in [3.63, 3.8) is 0 Å². The standard InChI is InChI=1S/C16H26/c1-4-9-15(5-2)13-12-14(3)16-10-7-6-8-11-16/h4,6-7,15H,1,5,8-13H2,2-3H3/b16-14-. The van der Waals surface area contributed by atoms with Crippen molar-refractivity contribution in [3.05, 3.63) is 36.0 Å². The van der Waals surface area contributed by atoms with E-state index >= 15 is 0 Å². The van der Waals surface area contributed by atoms with Crippen LogP contribution in [0.2, 0.25) is 0 Å². The first-order valence-electron chi connectivity index (χ1n) is 6.71. The molecule has 0 fully saturated rings. The number of hydrogen-bond donors (Lipinski definition) is 0. The highest BCUT2D eigenvalue weighted by molar-refractivity contribution is 5.19. The van der Waals surface area contributed by atoms with Crippen molar-refractivity contribution < 1.29 is 0 Å². The SMILES string of the molecule is C=CCC(CC)CC/C(C)=C1/CC=CCC1.